The third-order valence-corrected chi connectivity index (χ3v) is 3.80. The summed E-state index contributed by atoms with van der Waals surface area (Å²) in [6.45, 7) is 0. The van der Waals surface area contributed by atoms with Crippen LogP contribution in [0.5, 0.6) is 5.75 Å². The molecule has 0 radical (unpaired) electrons. The topological polar surface area (TPSA) is 61.7 Å². The standard InChI is InChI=1S/C18H12ClFN2O2/c19-15-6-3-7-16(20)14(15)10-21-22-18(24)13-8-11-4-1-2-5-12(11)9-17(13)23/h1-10,23H,(H,22,24). The van der Waals surface area contributed by atoms with Crippen LogP contribution >= 0.6 is 11.6 Å². The number of rotatable bonds is 3. The van der Waals surface area contributed by atoms with Gasteiger partial charge in [0, 0.05) is 5.56 Å². The van der Waals surface area contributed by atoms with Gasteiger partial charge < -0.3 is 5.11 Å². The van der Waals surface area contributed by atoms with Crippen LogP contribution in [0.4, 0.5) is 4.39 Å². The predicted molar refractivity (Wildman–Crippen MR) is 92.1 cm³/mol. The van der Waals surface area contributed by atoms with Crippen molar-refractivity contribution in [1.29, 1.82) is 0 Å². The molecule has 0 heterocycles. The van der Waals surface area contributed by atoms with Gasteiger partial charge in [-0.25, -0.2) is 9.82 Å². The Balaban J connectivity index is 1.83. The SMILES string of the molecule is O=C(NN=Cc1c(F)cccc1Cl)c1cc2ccccc2cc1O. The van der Waals surface area contributed by atoms with Crippen LogP contribution in [0.2, 0.25) is 5.02 Å². The predicted octanol–water partition coefficient (Wildman–Crippen LogP) is 4.10. The fourth-order valence-electron chi connectivity index (χ4n) is 2.26. The molecule has 0 unspecified atom stereocenters. The molecule has 2 N–H and O–H groups in total. The molecule has 0 saturated carbocycles. The van der Waals surface area contributed by atoms with E-state index in [4.69, 9.17) is 11.6 Å². The highest BCUT2D eigenvalue weighted by Gasteiger charge is 2.12. The van der Waals surface area contributed by atoms with Crippen LogP contribution in [0.3, 0.4) is 0 Å². The molecule has 24 heavy (non-hydrogen) atoms. The third kappa shape index (κ3) is 3.21. The second-order valence-corrected chi connectivity index (χ2v) is 5.46. The minimum Gasteiger partial charge on any atom is -0.507 e. The molecule has 0 aliphatic carbocycles. The number of aromatic hydroxyl groups is 1. The Labute approximate surface area is 142 Å². The van der Waals surface area contributed by atoms with Gasteiger partial charge in [0.2, 0.25) is 0 Å². The van der Waals surface area contributed by atoms with Crippen molar-refractivity contribution in [2.75, 3.05) is 0 Å². The fourth-order valence-corrected chi connectivity index (χ4v) is 2.47. The molecule has 3 aromatic carbocycles. The smallest absolute Gasteiger partial charge is 0.275 e. The Kier molecular flexibility index (Phi) is 4.44. The van der Waals surface area contributed by atoms with E-state index in [0.717, 1.165) is 17.0 Å². The molecule has 0 bridgehead atoms. The first-order valence-corrected chi connectivity index (χ1v) is 7.43. The number of phenolic OH excluding ortho intramolecular Hbond substituents is 1. The molecule has 6 heteroatoms. The summed E-state index contributed by atoms with van der Waals surface area (Å²) in [5.74, 6) is -1.32. The molecule has 1 amide bonds. The minimum atomic E-state index is -0.609. The average Bonchev–Trinajstić information content (AvgIpc) is 2.56. The number of fused-ring (bicyclic) bond motifs is 1. The van der Waals surface area contributed by atoms with Gasteiger partial charge in [0.25, 0.3) is 5.91 Å². The van der Waals surface area contributed by atoms with E-state index in [0.29, 0.717) is 0 Å². The number of nitrogens with zero attached hydrogens (tertiary/aromatic N) is 1. The van der Waals surface area contributed by atoms with E-state index >= 15 is 0 Å². The molecule has 0 saturated heterocycles. The molecule has 0 aromatic heterocycles. The Morgan fingerprint density at radius 1 is 1.12 bits per heavy atom. The monoisotopic (exact) mass is 342 g/mol. The maximum atomic E-state index is 13.6. The van der Waals surface area contributed by atoms with Crippen LogP contribution in [0, 0.1) is 5.82 Å². The second-order valence-electron chi connectivity index (χ2n) is 5.05. The molecular weight excluding hydrogens is 331 g/mol. The molecule has 0 fully saturated rings. The first-order chi connectivity index (χ1) is 11.6. The van der Waals surface area contributed by atoms with Crippen molar-refractivity contribution >= 4 is 34.5 Å². The number of carbonyl (C=O) groups excluding carboxylic acids is 1. The molecule has 120 valence electrons. The number of benzene rings is 3. The molecule has 3 aromatic rings. The largest absolute Gasteiger partial charge is 0.507 e. The number of hydrogen-bond donors (Lipinski definition) is 2. The van der Waals surface area contributed by atoms with Gasteiger partial charge in [0.1, 0.15) is 11.6 Å². The molecule has 0 aliphatic rings. The fraction of sp³-hybridized carbons (Fsp3) is 0. The van der Waals surface area contributed by atoms with Crippen molar-refractivity contribution in [1.82, 2.24) is 5.43 Å². The summed E-state index contributed by atoms with van der Waals surface area (Å²) in [7, 11) is 0. The van der Waals surface area contributed by atoms with Crippen molar-refractivity contribution in [2.24, 2.45) is 5.10 Å². The van der Waals surface area contributed by atoms with Crippen LogP contribution in [-0.4, -0.2) is 17.2 Å². The summed E-state index contributed by atoms with van der Waals surface area (Å²) >= 11 is 5.87. The maximum absolute atomic E-state index is 13.6. The van der Waals surface area contributed by atoms with Crippen LogP contribution in [0.25, 0.3) is 10.8 Å². The summed E-state index contributed by atoms with van der Waals surface area (Å²) in [4.78, 5) is 12.2. The van der Waals surface area contributed by atoms with Gasteiger partial charge in [-0.2, -0.15) is 5.10 Å². The first kappa shape index (κ1) is 16.0. The second kappa shape index (κ2) is 6.68. The molecule has 0 spiro atoms. The van der Waals surface area contributed by atoms with Gasteiger partial charge in [-0.05, 0) is 35.0 Å². The van der Waals surface area contributed by atoms with Gasteiger partial charge in [0.15, 0.2) is 0 Å². The number of nitrogens with one attached hydrogen (secondary N) is 1. The minimum absolute atomic E-state index is 0.0715. The third-order valence-electron chi connectivity index (χ3n) is 3.47. The number of carbonyl (C=O) groups is 1. The van der Waals surface area contributed by atoms with Gasteiger partial charge in [0.05, 0.1) is 16.8 Å². The summed E-state index contributed by atoms with van der Waals surface area (Å²) in [5, 5.41) is 15.5. The van der Waals surface area contributed by atoms with Gasteiger partial charge in [-0.1, -0.05) is 41.9 Å². The van der Waals surface area contributed by atoms with E-state index in [9.17, 15) is 14.3 Å². The summed E-state index contributed by atoms with van der Waals surface area (Å²) in [6.07, 6.45) is 1.12. The zero-order valence-corrected chi connectivity index (χ0v) is 13.1. The molecular formula is C18H12ClFN2O2. The van der Waals surface area contributed by atoms with E-state index in [2.05, 4.69) is 10.5 Å². The van der Waals surface area contributed by atoms with Gasteiger partial charge in [-0.3, -0.25) is 4.79 Å². The normalized spacial score (nSPS) is 11.1. The zero-order chi connectivity index (χ0) is 17.1. The average molecular weight is 343 g/mol. The van der Waals surface area contributed by atoms with Gasteiger partial charge >= 0.3 is 0 Å². The highest BCUT2D eigenvalue weighted by atomic mass is 35.5. The number of hydrazone groups is 1. The Morgan fingerprint density at radius 2 is 1.83 bits per heavy atom. The van der Waals surface area contributed by atoms with Crippen LogP contribution < -0.4 is 5.43 Å². The lowest BCUT2D eigenvalue weighted by atomic mass is 10.1. The van der Waals surface area contributed by atoms with Gasteiger partial charge in [-0.15, -0.1) is 0 Å². The van der Waals surface area contributed by atoms with Crippen LogP contribution in [0.1, 0.15) is 15.9 Å². The van der Waals surface area contributed by atoms with E-state index in [1.165, 1.54) is 24.3 Å². The van der Waals surface area contributed by atoms with Crippen molar-refractivity contribution < 1.29 is 14.3 Å². The van der Waals surface area contributed by atoms with Crippen molar-refractivity contribution in [3.63, 3.8) is 0 Å². The molecule has 0 aliphatic heterocycles. The van der Waals surface area contributed by atoms with E-state index in [1.807, 2.05) is 24.3 Å². The zero-order valence-electron chi connectivity index (χ0n) is 12.3. The number of phenols is 1. The number of hydrogen-bond acceptors (Lipinski definition) is 3. The Bertz CT molecular complexity index is 937. The molecule has 0 atom stereocenters. The van der Waals surface area contributed by atoms with E-state index in [-0.39, 0.29) is 21.9 Å². The summed E-state index contributed by atoms with van der Waals surface area (Å²) in [5.41, 5.74) is 2.40. The summed E-state index contributed by atoms with van der Waals surface area (Å²) in [6, 6.07) is 14.6. The lowest BCUT2D eigenvalue weighted by Crippen LogP contribution is -2.18. The van der Waals surface area contributed by atoms with Crippen LogP contribution in [0.15, 0.2) is 59.7 Å². The van der Waals surface area contributed by atoms with E-state index in [1.54, 1.807) is 6.07 Å². The highest BCUT2D eigenvalue weighted by Crippen LogP contribution is 2.24. The van der Waals surface area contributed by atoms with Crippen molar-refractivity contribution in [3.05, 3.63) is 76.6 Å². The Morgan fingerprint density at radius 3 is 2.54 bits per heavy atom. The lowest BCUT2D eigenvalue weighted by molar-refractivity contribution is 0.0952. The van der Waals surface area contributed by atoms with Crippen molar-refractivity contribution in [2.45, 2.75) is 0 Å². The quantitative estimate of drug-likeness (QED) is 0.556. The number of amides is 1. The molecule has 4 nitrogen and oxygen atoms in total. The number of halogens is 2. The maximum Gasteiger partial charge on any atom is 0.275 e. The Hall–Kier alpha value is -2.92. The first-order valence-electron chi connectivity index (χ1n) is 7.05. The summed E-state index contributed by atoms with van der Waals surface area (Å²) < 4.78 is 13.6. The lowest BCUT2D eigenvalue weighted by Gasteiger charge is -2.06. The van der Waals surface area contributed by atoms with Crippen molar-refractivity contribution in [3.8, 4) is 5.75 Å². The molecule has 3 rings (SSSR count). The van der Waals surface area contributed by atoms with Crippen LogP contribution in [-0.2, 0) is 0 Å². The highest BCUT2D eigenvalue weighted by molar-refractivity contribution is 6.33. The van der Waals surface area contributed by atoms with E-state index < -0.39 is 11.7 Å².